The van der Waals surface area contributed by atoms with Crippen molar-refractivity contribution in [3.8, 4) is 0 Å². The number of hydrogen-bond donors (Lipinski definition) is 5. The zero-order valence-electron chi connectivity index (χ0n) is 23.2. The average Bonchev–Trinajstić information content (AvgIpc) is 2.90. The summed E-state index contributed by atoms with van der Waals surface area (Å²) in [4.78, 5) is 60.3. The Hall–Kier alpha value is -3.43. The van der Waals surface area contributed by atoms with Crippen LogP contribution in [0.5, 0.6) is 0 Å². The lowest BCUT2D eigenvalue weighted by Crippen LogP contribution is -2.54. The van der Waals surface area contributed by atoms with Gasteiger partial charge in [0.05, 0.1) is 13.0 Å². The van der Waals surface area contributed by atoms with Crippen molar-refractivity contribution in [3.63, 3.8) is 0 Å². The number of benzene rings is 1. The number of carbonyl (C=O) groups excluding carboxylic acids is 4. The summed E-state index contributed by atoms with van der Waals surface area (Å²) in [6.07, 6.45) is 12.7. The minimum absolute atomic E-state index is 0.0221. The fourth-order valence-corrected chi connectivity index (χ4v) is 4.20. The van der Waals surface area contributed by atoms with E-state index in [9.17, 15) is 29.1 Å². The van der Waals surface area contributed by atoms with Crippen LogP contribution in [0, 0.1) is 0 Å². The van der Waals surface area contributed by atoms with Crippen molar-refractivity contribution in [3.05, 3.63) is 35.9 Å². The van der Waals surface area contributed by atoms with Crippen molar-refractivity contribution in [2.45, 2.75) is 109 Å². The molecule has 2 atom stereocenters. The fraction of sp³-hybridized carbons (Fsp3) is 0.621. The third-order valence-corrected chi connectivity index (χ3v) is 6.41. The Morgan fingerprint density at radius 1 is 0.769 bits per heavy atom. The first-order chi connectivity index (χ1) is 18.7. The van der Waals surface area contributed by atoms with Crippen LogP contribution in [0.25, 0.3) is 0 Å². The lowest BCUT2D eigenvalue weighted by atomic mass is 10.0. The molecule has 0 unspecified atom stereocenters. The second kappa shape index (κ2) is 20.5. The zero-order valence-corrected chi connectivity index (χ0v) is 23.2. The van der Waals surface area contributed by atoms with E-state index >= 15 is 0 Å². The molecule has 4 amide bonds. The van der Waals surface area contributed by atoms with Gasteiger partial charge in [-0.1, -0.05) is 101 Å². The summed E-state index contributed by atoms with van der Waals surface area (Å²) in [6, 6.07) is 6.10. The van der Waals surface area contributed by atoms with Gasteiger partial charge in [0.1, 0.15) is 12.1 Å². The van der Waals surface area contributed by atoms with Gasteiger partial charge < -0.3 is 26.8 Å². The molecule has 0 fully saturated rings. The molecule has 0 heterocycles. The van der Waals surface area contributed by atoms with Crippen LogP contribution in [0.2, 0.25) is 0 Å². The first kappa shape index (κ1) is 33.6. The molecule has 218 valence electrons. The normalized spacial score (nSPS) is 12.2. The topological polar surface area (TPSA) is 168 Å². The molecular weight excluding hydrogens is 500 g/mol. The standard InChI is InChI=1S/C29H46N4O6/c1-2-3-4-5-6-7-8-9-10-11-15-18-26(35)31-21-27(36)32-23(20-25(30)34)28(37)33-24(29(38)39)19-22-16-13-12-14-17-22/h12-14,16-17,23-24H,2-11,15,18-21H2,1H3,(H2,30,34)(H,31,35)(H,32,36)(H,33,37)(H,38,39)/t23-,24-/m0/s1. The van der Waals surface area contributed by atoms with Crippen molar-refractivity contribution < 1.29 is 29.1 Å². The molecular formula is C29H46N4O6. The second-order valence-corrected chi connectivity index (χ2v) is 9.94. The van der Waals surface area contributed by atoms with Gasteiger partial charge in [-0.15, -0.1) is 0 Å². The maximum absolute atomic E-state index is 12.7. The van der Waals surface area contributed by atoms with Crippen molar-refractivity contribution in [1.82, 2.24) is 16.0 Å². The molecule has 0 saturated heterocycles. The van der Waals surface area contributed by atoms with Crippen LogP contribution in [0.3, 0.4) is 0 Å². The molecule has 1 rings (SSSR count). The summed E-state index contributed by atoms with van der Waals surface area (Å²) in [5.41, 5.74) is 5.91. The Morgan fingerprint density at radius 2 is 1.33 bits per heavy atom. The maximum atomic E-state index is 12.7. The summed E-state index contributed by atoms with van der Waals surface area (Å²) in [6.45, 7) is 1.85. The fourth-order valence-electron chi connectivity index (χ4n) is 4.20. The lowest BCUT2D eigenvalue weighted by molar-refractivity contribution is -0.142. The van der Waals surface area contributed by atoms with E-state index in [1.807, 2.05) is 0 Å². The quantitative estimate of drug-likeness (QED) is 0.140. The van der Waals surface area contributed by atoms with Gasteiger partial charge in [0.25, 0.3) is 0 Å². The van der Waals surface area contributed by atoms with Gasteiger partial charge in [0.2, 0.25) is 23.6 Å². The van der Waals surface area contributed by atoms with E-state index in [-0.39, 0.29) is 18.9 Å². The van der Waals surface area contributed by atoms with Gasteiger partial charge in [-0.2, -0.15) is 0 Å². The number of carboxylic acids is 1. The van der Waals surface area contributed by atoms with E-state index in [0.717, 1.165) is 25.7 Å². The van der Waals surface area contributed by atoms with E-state index in [1.54, 1.807) is 30.3 Å². The van der Waals surface area contributed by atoms with Crippen LogP contribution >= 0.6 is 0 Å². The summed E-state index contributed by atoms with van der Waals surface area (Å²) >= 11 is 0. The molecule has 0 spiro atoms. The molecule has 0 saturated carbocycles. The average molecular weight is 547 g/mol. The third-order valence-electron chi connectivity index (χ3n) is 6.41. The maximum Gasteiger partial charge on any atom is 0.326 e. The minimum Gasteiger partial charge on any atom is -0.480 e. The molecule has 39 heavy (non-hydrogen) atoms. The van der Waals surface area contributed by atoms with E-state index in [4.69, 9.17) is 5.73 Å². The SMILES string of the molecule is CCCCCCCCCCCCCC(=O)NCC(=O)N[C@@H](CC(N)=O)C(=O)N[C@@H](Cc1ccccc1)C(=O)O. The van der Waals surface area contributed by atoms with Crippen molar-refractivity contribution in [2.24, 2.45) is 5.73 Å². The van der Waals surface area contributed by atoms with Crippen molar-refractivity contribution in [1.29, 1.82) is 0 Å². The predicted octanol–water partition coefficient (Wildman–Crippen LogP) is 2.98. The number of aliphatic carboxylic acids is 1. The highest BCUT2D eigenvalue weighted by Crippen LogP contribution is 2.12. The number of unbranched alkanes of at least 4 members (excludes halogenated alkanes) is 10. The molecule has 0 bridgehead atoms. The monoisotopic (exact) mass is 546 g/mol. The molecule has 10 heteroatoms. The molecule has 0 aliphatic carbocycles. The minimum atomic E-state index is -1.36. The number of nitrogens with one attached hydrogen (secondary N) is 3. The molecule has 0 aromatic heterocycles. The second-order valence-electron chi connectivity index (χ2n) is 9.94. The number of carboxylic acid groups (broad SMARTS) is 1. The molecule has 0 aliphatic heterocycles. The van der Waals surface area contributed by atoms with Crippen LogP contribution in [0.1, 0.15) is 96.0 Å². The van der Waals surface area contributed by atoms with Gasteiger partial charge in [0.15, 0.2) is 0 Å². The van der Waals surface area contributed by atoms with Gasteiger partial charge in [0, 0.05) is 12.8 Å². The summed E-state index contributed by atoms with van der Waals surface area (Å²) < 4.78 is 0. The van der Waals surface area contributed by atoms with Crippen molar-refractivity contribution >= 4 is 29.6 Å². The van der Waals surface area contributed by atoms with Crippen LogP contribution in [0.15, 0.2) is 30.3 Å². The van der Waals surface area contributed by atoms with Gasteiger partial charge in [-0.25, -0.2) is 4.79 Å². The number of carbonyl (C=O) groups is 5. The molecule has 0 radical (unpaired) electrons. The largest absolute Gasteiger partial charge is 0.480 e. The highest BCUT2D eigenvalue weighted by Gasteiger charge is 2.28. The number of hydrogen-bond acceptors (Lipinski definition) is 5. The first-order valence-electron chi connectivity index (χ1n) is 14.1. The van der Waals surface area contributed by atoms with Crippen LogP contribution < -0.4 is 21.7 Å². The molecule has 10 nitrogen and oxygen atoms in total. The number of nitrogens with two attached hydrogens (primary N) is 1. The summed E-state index contributed by atoms with van der Waals surface area (Å²) in [7, 11) is 0. The molecule has 1 aromatic rings. The highest BCUT2D eigenvalue weighted by molar-refractivity contribution is 5.94. The van der Waals surface area contributed by atoms with Gasteiger partial charge in [-0.05, 0) is 12.0 Å². The predicted molar refractivity (Wildman–Crippen MR) is 150 cm³/mol. The number of rotatable bonds is 22. The smallest absolute Gasteiger partial charge is 0.326 e. The molecule has 6 N–H and O–H groups in total. The van der Waals surface area contributed by atoms with Gasteiger partial charge >= 0.3 is 5.97 Å². The number of primary amides is 1. The van der Waals surface area contributed by atoms with Crippen LogP contribution in [-0.2, 0) is 30.4 Å². The van der Waals surface area contributed by atoms with E-state index in [2.05, 4.69) is 22.9 Å². The van der Waals surface area contributed by atoms with Gasteiger partial charge in [-0.3, -0.25) is 19.2 Å². The Labute approximate surface area is 231 Å². The number of amides is 4. The molecule has 1 aromatic carbocycles. The Kier molecular flexibility index (Phi) is 17.7. The molecule has 0 aliphatic rings. The Balaban J connectivity index is 2.36. The van der Waals surface area contributed by atoms with E-state index < -0.39 is 42.2 Å². The lowest BCUT2D eigenvalue weighted by Gasteiger charge is -2.21. The van der Waals surface area contributed by atoms with Crippen molar-refractivity contribution in [2.75, 3.05) is 6.54 Å². The van der Waals surface area contributed by atoms with Crippen LogP contribution in [0.4, 0.5) is 0 Å². The van der Waals surface area contributed by atoms with Crippen LogP contribution in [-0.4, -0.2) is 53.3 Å². The van der Waals surface area contributed by atoms with E-state index in [1.165, 1.54) is 44.9 Å². The van der Waals surface area contributed by atoms with E-state index in [0.29, 0.717) is 12.0 Å². The Bertz CT molecular complexity index is 893. The first-order valence-corrected chi connectivity index (χ1v) is 14.1. The third kappa shape index (κ3) is 16.9. The Morgan fingerprint density at radius 3 is 1.87 bits per heavy atom. The zero-order chi connectivity index (χ0) is 28.9. The summed E-state index contributed by atoms with van der Waals surface area (Å²) in [5.74, 6) is -3.90. The summed E-state index contributed by atoms with van der Waals surface area (Å²) in [5, 5.41) is 16.7. The highest BCUT2D eigenvalue weighted by atomic mass is 16.4.